The van der Waals surface area contributed by atoms with Crippen molar-refractivity contribution in [1.82, 2.24) is 0 Å². The first kappa shape index (κ1) is 30.9. The molecule has 0 saturated heterocycles. The Balaban J connectivity index is 1.38. The number of fused-ring (bicyclic) bond motifs is 3. The number of aryl methyl sites for hydroxylation is 1. The van der Waals surface area contributed by atoms with E-state index in [-0.39, 0.29) is 34.5 Å². The number of sulfonamides is 1. The molecule has 2 aromatic rings. The first-order valence-corrected chi connectivity index (χ1v) is 17.0. The fourth-order valence-electron chi connectivity index (χ4n) is 7.04. The number of carboxylic acid groups (broad SMARTS) is 1. The number of hydrogen-bond acceptors (Lipinski definition) is 6. The van der Waals surface area contributed by atoms with Crippen molar-refractivity contribution in [1.29, 1.82) is 0 Å². The van der Waals surface area contributed by atoms with Gasteiger partial charge < -0.3 is 19.8 Å². The molecule has 42 heavy (non-hydrogen) atoms. The largest absolute Gasteiger partial charge is 0.490 e. The summed E-state index contributed by atoms with van der Waals surface area (Å²) in [6, 6.07) is 11.2. The van der Waals surface area contributed by atoms with Gasteiger partial charge in [0.25, 0.3) is 0 Å². The first-order valence-electron chi connectivity index (χ1n) is 14.9. The predicted octanol–water partition coefficient (Wildman–Crippen LogP) is 5.16. The Labute approximate surface area is 253 Å². The molecule has 3 aliphatic rings. The number of carbonyl (C=O) groups is 1. The lowest BCUT2D eigenvalue weighted by atomic mass is 9.68. The van der Waals surface area contributed by atoms with Crippen LogP contribution in [0, 0.1) is 17.8 Å². The van der Waals surface area contributed by atoms with Gasteiger partial charge in [0.1, 0.15) is 5.75 Å². The fourth-order valence-corrected chi connectivity index (χ4v) is 8.26. The van der Waals surface area contributed by atoms with E-state index in [1.54, 1.807) is 24.3 Å². The van der Waals surface area contributed by atoms with Crippen LogP contribution in [0.4, 0.5) is 5.69 Å². The van der Waals surface area contributed by atoms with Gasteiger partial charge in [-0.05, 0) is 97.7 Å². The van der Waals surface area contributed by atoms with E-state index >= 15 is 0 Å². The molecule has 1 spiro atoms. The SMILES string of the molecule is CC[C@@H](C/C=C/[C@H](O)[C@@H]1CC[C@H]1CN1C[C@@]2(CCCc3cc(Cl)ccc32)COc2ccc(C(=O)O)cc21)CS(N)(=O)=O. The number of rotatable bonds is 10. The van der Waals surface area contributed by atoms with Crippen LogP contribution >= 0.6 is 11.6 Å². The van der Waals surface area contributed by atoms with Crippen molar-refractivity contribution in [2.75, 3.05) is 30.3 Å². The maximum absolute atomic E-state index is 11.9. The lowest BCUT2D eigenvalue weighted by Gasteiger charge is -2.45. The highest BCUT2D eigenvalue weighted by Crippen LogP contribution is 2.46. The average Bonchev–Trinajstić information content (AvgIpc) is 3.06. The van der Waals surface area contributed by atoms with Crippen LogP contribution in [0.15, 0.2) is 48.6 Å². The van der Waals surface area contributed by atoms with E-state index in [0.717, 1.165) is 42.8 Å². The van der Waals surface area contributed by atoms with E-state index in [1.807, 2.05) is 19.1 Å². The Bertz CT molecular complexity index is 1450. The van der Waals surface area contributed by atoms with Gasteiger partial charge in [0.2, 0.25) is 10.0 Å². The van der Waals surface area contributed by atoms with Crippen LogP contribution in [-0.2, 0) is 21.9 Å². The number of halogens is 1. The molecular weight excluding hydrogens is 576 g/mol. The van der Waals surface area contributed by atoms with Gasteiger partial charge in [-0.3, -0.25) is 0 Å². The number of benzene rings is 2. The normalized spacial score (nSPS) is 25.2. The Morgan fingerprint density at radius 2 is 2.07 bits per heavy atom. The van der Waals surface area contributed by atoms with Gasteiger partial charge in [0.05, 0.1) is 29.7 Å². The van der Waals surface area contributed by atoms with Crippen molar-refractivity contribution in [3.63, 3.8) is 0 Å². The molecule has 1 saturated carbocycles. The summed E-state index contributed by atoms with van der Waals surface area (Å²) < 4.78 is 29.5. The van der Waals surface area contributed by atoms with Gasteiger partial charge in [-0.1, -0.05) is 43.2 Å². The third-order valence-corrected chi connectivity index (χ3v) is 10.7. The lowest BCUT2D eigenvalue weighted by molar-refractivity contribution is 0.0456. The van der Waals surface area contributed by atoms with Crippen LogP contribution in [0.5, 0.6) is 5.75 Å². The molecule has 1 heterocycles. The molecule has 5 rings (SSSR count). The zero-order chi connectivity index (χ0) is 30.1. The monoisotopic (exact) mass is 616 g/mol. The van der Waals surface area contributed by atoms with Gasteiger partial charge >= 0.3 is 5.97 Å². The van der Waals surface area contributed by atoms with Crippen molar-refractivity contribution >= 4 is 33.3 Å². The number of nitrogens with two attached hydrogens (primary N) is 1. The third kappa shape index (κ3) is 6.80. The summed E-state index contributed by atoms with van der Waals surface area (Å²) in [5, 5.41) is 26.8. The van der Waals surface area contributed by atoms with E-state index in [1.165, 1.54) is 11.1 Å². The van der Waals surface area contributed by atoms with E-state index < -0.39 is 22.1 Å². The number of primary sulfonamides is 1. The van der Waals surface area contributed by atoms with E-state index in [9.17, 15) is 23.4 Å². The first-order chi connectivity index (χ1) is 20.0. The smallest absolute Gasteiger partial charge is 0.335 e. The Kier molecular flexibility index (Phi) is 9.23. The topological polar surface area (TPSA) is 130 Å². The van der Waals surface area contributed by atoms with Crippen LogP contribution in [0.2, 0.25) is 5.02 Å². The molecular formula is C32H41ClN2O6S. The highest BCUT2D eigenvalue weighted by Gasteiger charge is 2.44. The maximum atomic E-state index is 11.9. The second-order valence-electron chi connectivity index (χ2n) is 12.4. The summed E-state index contributed by atoms with van der Waals surface area (Å²) >= 11 is 6.36. The number of aliphatic hydroxyl groups excluding tert-OH is 1. The molecule has 0 aromatic heterocycles. The summed E-state index contributed by atoms with van der Waals surface area (Å²) in [4.78, 5) is 14.2. The average molecular weight is 617 g/mol. The van der Waals surface area contributed by atoms with E-state index in [0.29, 0.717) is 38.3 Å². The summed E-state index contributed by atoms with van der Waals surface area (Å²) in [5.41, 5.74) is 3.21. The van der Waals surface area contributed by atoms with Gasteiger partial charge in [0, 0.05) is 23.5 Å². The number of aromatic carboxylic acids is 1. The van der Waals surface area contributed by atoms with Crippen LogP contribution in [0.1, 0.15) is 66.9 Å². The lowest BCUT2D eigenvalue weighted by Crippen LogP contribution is -2.49. The molecule has 5 atom stereocenters. The highest BCUT2D eigenvalue weighted by atomic mass is 35.5. The van der Waals surface area contributed by atoms with Crippen molar-refractivity contribution in [3.8, 4) is 5.75 Å². The number of allylic oxidation sites excluding steroid dienone is 1. The van der Waals surface area contributed by atoms with Crippen LogP contribution in [0.3, 0.4) is 0 Å². The second-order valence-corrected chi connectivity index (χ2v) is 14.4. The summed E-state index contributed by atoms with van der Waals surface area (Å²) in [7, 11) is -3.55. The predicted molar refractivity (Wildman–Crippen MR) is 165 cm³/mol. The number of anilines is 1. The number of nitrogens with zero attached hydrogens (tertiary/aromatic N) is 1. The van der Waals surface area contributed by atoms with Crippen LogP contribution < -0.4 is 14.8 Å². The van der Waals surface area contributed by atoms with Gasteiger partial charge in [-0.15, -0.1) is 0 Å². The highest BCUT2D eigenvalue weighted by molar-refractivity contribution is 7.89. The van der Waals surface area contributed by atoms with Crippen LogP contribution in [0.25, 0.3) is 0 Å². The molecule has 1 aliphatic heterocycles. The maximum Gasteiger partial charge on any atom is 0.335 e. The zero-order valence-electron chi connectivity index (χ0n) is 24.0. The second kappa shape index (κ2) is 12.6. The molecule has 228 valence electrons. The van der Waals surface area contributed by atoms with Crippen molar-refractivity contribution in [2.24, 2.45) is 22.9 Å². The molecule has 0 bridgehead atoms. The molecule has 0 radical (unpaired) electrons. The Hall–Kier alpha value is -2.59. The number of hydrogen-bond donors (Lipinski definition) is 3. The van der Waals surface area contributed by atoms with Gasteiger partial charge in [0.15, 0.2) is 0 Å². The molecule has 4 N–H and O–H groups in total. The fraction of sp³-hybridized carbons (Fsp3) is 0.531. The van der Waals surface area contributed by atoms with Crippen molar-refractivity contribution in [3.05, 3.63) is 70.3 Å². The summed E-state index contributed by atoms with van der Waals surface area (Å²) in [6.07, 6.45) is 9.06. The minimum Gasteiger partial charge on any atom is -0.490 e. The molecule has 8 nitrogen and oxygen atoms in total. The Morgan fingerprint density at radius 1 is 1.26 bits per heavy atom. The molecule has 0 amide bonds. The molecule has 1 fully saturated rings. The van der Waals surface area contributed by atoms with Crippen molar-refractivity contribution < 1.29 is 28.2 Å². The van der Waals surface area contributed by atoms with E-state index in [2.05, 4.69) is 17.0 Å². The molecule has 0 unspecified atom stereocenters. The quantitative estimate of drug-likeness (QED) is 0.314. The molecule has 2 aliphatic carbocycles. The summed E-state index contributed by atoms with van der Waals surface area (Å²) in [6.45, 7) is 3.78. The number of ether oxygens (including phenoxy) is 1. The number of carboxylic acids is 1. The molecule has 2 aromatic carbocycles. The zero-order valence-corrected chi connectivity index (χ0v) is 25.6. The minimum absolute atomic E-state index is 0.0586. The van der Waals surface area contributed by atoms with Crippen molar-refractivity contribution in [2.45, 2.75) is 63.4 Å². The molecule has 10 heteroatoms. The summed E-state index contributed by atoms with van der Waals surface area (Å²) in [5.74, 6) is -0.188. The standard InChI is InChI=1S/C32H41ClN2O6S/c1-2-21(18-42(34,39)40)5-3-7-29(36)26-11-8-24(26)17-35-19-32(14-4-6-22-15-25(33)10-12-27(22)32)20-41-30-13-9-23(31(37)38)16-28(30)35/h3,7,9-10,12-13,15-16,21,24,26,29,36H,2,4-6,8,11,14,17-20H2,1H3,(H,37,38)(H2,34,39,40)/b7-3+/t21-,24-,26+,29-,32-/m0/s1. The third-order valence-electron chi connectivity index (χ3n) is 9.50. The van der Waals surface area contributed by atoms with Crippen LogP contribution in [-0.4, -0.2) is 56.2 Å². The van der Waals surface area contributed by atoms with Gasteiger partial charge in [-0.25, -0.2) is 18.4 Å². The van der Waals surface area contributed by atoms with Gasteiger partial charge in [-0.2, -0.15) is 0 Å². The number of aliphatic hydroxyl groups is 1. The Morgan fingerprint density at radius 3 is 2.76 bits per heavy atom. The van der Waals surface area contributed by atoms with E-state index in [4.69, 9.17) is 21.5 Å². The minimum atomic E-state index is -3.55.